The van der Waals surface area contributed by atoms with Crippen LogP contribution in [0.2, 0.25) is 0 Å². The topological polar surface area (TPSA) is 16.1 Å². The Morgan fingerprint density at radius 1 is 1.33 bits per heavy atom. The lowest BCUT2D eigenvalue weighted by Gasteiger charge is -2.25. The van der Waals surface area contributed by atoms with Gasteiger partial charge in [0, 0.05) is 18.0 Å². The lowest BCUT2D eigenvalue weighted by Crippen LogP contribution is -2.29. The summed E-state index contributed by atoms with van der Waals surface area (Å²) in [5, 5.41) is 1.23. The van der Waals surface area contributed by atoms with Crippen molar-refractivity contribution in [3.8, 4) is 0 Å². The smallest absolute Gasteiger partial charge is 0.185 e. The molecule has 1 fully saturated rings. The lowest BCUT2D eigenvalue weighted by atomic mass is 10.1. The molecule has 2 nitrogen and oxygen atoms in total. The number of nitrogens with zero attached hydrogens (tertiary/aromatic N) is 2. The predicted octanol–water partition coefficient (Wildman–Crippen LogP) is 2.91. The zero-order chi connectivity index (χ0) is 10.7. The van der Waals surface area contributed by atoms with Crippen LogP contribution in [0, 0.1) is 6.92 Å². The quantitative estimate of drug-likeness (QED) is 0.820. The van der Waals surface area contributed by atoms with Gasteiger partial charge in [-0.05, 0) is 38.4 Å². The summed E-state index contributed by atoms with van der Waals surface area (Å²) < 4.78 is 0. The molecule has 0 aliphatic carbocycles. The number of piperidine rings is 1. The van der Waals surface area contributed by atoms with Gasteiger partial charge in [-0.15, -0.1) is 11.3 Å². The SMILES string of the molecule is Cc1nc(N2CCCCC2)sc1CCS. The van der Waals surface area contributed by atoms with Crippen LogP contribution < -0.4 is 4.90 Å². The Bertz CT molecular complexity index is 316. The molecule has 2 rings (SSSR count). The standard InChI is InChI=1S/C11H18N2S2/c1-9-10(5-8-14)15-11(12-9)13-6-3-2-4-7-13/h14H,2-8H2,1H3. The summed E-state index contributed by atoms with van der Waals surface area (Å²) in [5.74, 6) is 0.919. The van der Waals surface area contributed by atoms with Crippen LogP contribution in [0.3, 0.4) is 0 Å². The van der Waals surface area contributed by atoms with E-state index < -0.39 is 0 Å². The predicted molar refractivity (Wildman–Crippen MR) is 70.5 cm³/mol. The Balaban J connectivity index is 2.10. The second-order valence-electron chi connectivity index (χ2n) is 4.03. The highest BCUT2D eigenvalue weighted by atomic mass is 32.1. The highest BCUT2D eigenvalue weighted by Crippen LogP contribution is 2.28. The number of anilines is 1. The summed E-state index contributed by atoms with van der Waals surface area (Å²) in [6, 6.07) is 0. The molecule has 1 aliphatic heterocycles. The van der Waals surface area contributed by atoms with Crippen LogP contribution in [0.1, 0.15) is 29.8 Å². The van der Waals surface area contributed by atoms with Gasteiger partial charge in [-0.25, -0.2) is 4.98 Å². The van der Waals surface area contributed by atoms with Crippen LogP contribution >= 0.6 is 24.0 Å². The van der Waals surface area contributed by atoms with E-state index in [9.17, 15) is 0 Å². The van der Waals surface area contributed by atoms with Crippen LogP contribution in [0.15, 0.2) is 0 Å². The molecular weight excluding hydrogens is 224 g/mol. The molecule has 1 aromatic heterocycles. The fraction of sp³-hybridized carbons (Fsp3) is 0.727. The number of thiol groups is 1. The van der Waals surface area contributed by atoms with E-state index in [-0.39, 0.29) is 0 Å². The molecule has 0 bridgehead atoms. The van der Waals surface area contributed by atoms with Crippen molar-refractivity contribution in [2.24, 2.45) is 0 Å². The highest BCUT2D eigenvalue weighted by Gasteiger charge is 2.15. The van der Waals surface area contributed by atoms with E-state index in [2.05, 4.69) is 29.4 Å². The Morgan fingerprint density at radius 2 is 2.07 bits per heavy atom. The minimum atomic E-state index is 0.919. The second kappa shape index (κ2) is 5.21. The maximum atomic E-state index is 4.66. The van der Waals surface area contributed by atoms with Crippen LogP contribution in [-0.4, -0.2) is 23.8 Å². The maximum absolute atomic E-state index is 4.66. The molecule has 0 aromatic carbocycles. The molecule has 2 heterocycles. The van der Waals surface area contributed by atoms with Crippen molar-refractivity contribution in [3.05, 3.63) is 10.6 Å². The molecule has 4 heteroatoms. The van der Waals surface area contributed by atoms with E-state index in [1.54, 1.807) is 0 Å². The minimum Gasteiger partial charge on any atom is -0.348 e. The molecule has 0 saturated carbocycles. The van der Waals surface area contributed by atoms with Crippen LogP contribution in [-0.2, 0) is 6.42 Å². The summed E-state index contributed by atoms with van der Waals surface area (Å²) in [5.41, 5.74) is 1.20. The fourth-order valence-electron chi connectivity index (χ4n) is 1.97. The molecule has 1 saturated heterocycles. The maximum Gasteiger partial charge on any atom is 0.185 e. The van der Waals surface area contributed by atoms with Gasteiger partial charge < -0.3 is 4.90 Å². The molecule has 0 unspecified atom stereocenters. The van der Waals surface area contributed by atoms with Crippen molar-refractivity contribution in [3.63, 3.8) is 0 Å². The molecule has 0 amide bonds. The van der Waals surface area contributed by atoms with E-state index in [0.29, 0.717) is 0 Å². The van der Waals surface area contributed by atoms with Gasteiger partial charge in [0.1, 0.15) is 0 Å². The number of aromatic nitrogens is 1. The monoisotopic (exact) mass is 242 g/mol. The third-order valence-electron chi connectivity index (χ3n) is 2.85. The molecule has 1 aliphatic rings. The first-order valence-corrected chi connectivity index (χ1v) is 7.08. The van der Waals surface area contributed by atoms with Gasteiger partial charge in [-0.1, -0.05) is 0 Å². The largest absolute Gasteiger partial charge is 0.348 e. The Labute approximate surface area is 101 Å². The van der Waals surface area contributed by atoms with Gasteiger partial charge in [0.25, 0.3) is 0 Å². The minimum absolute atomic E-state index is 0.919. The zero-order valence-corrected chi connectivity index (χ0v) is 10.9. The van der Waals surface area contributed by atoms with Crippen LogP contribution in [0.5, 0.6) is 0 Å². The van der Waals surface area contributed by atoms with E-state index in [1.165, 1.54) is 48.1 Å². The van der Waals surface area contributed by atoms with E-state index in [0.717, 1.165) is 12.2 Å². The van der Waals surface area contributed by atoms with Crippen molar-refractivity contribution in [2.45, 2.75) is 32.6 Å². The molecule has 0 N–H and O–H groups in total. The van der Waals surface area contributed by atoms with Gasteiger partial charge in [0.05, 0.1) is 5.69 Å². The Kier molecular flexibility index (Phi) is 3.92. The van der Waals surface area contributed by atoms with Gasteiger partial charge in [0.2, 0.25) is 0 Å². The third kappa shape index (κ3) is 2.67. The van der Waals surface area contributed by atoms with Crippen molar-refractivity contribution in [1.82, 2.24) is 4.98 Å². The van der Waals surface area contributed by atoms with Crippen molar-refractivity contribution in [1.29, 1.82) is 0 Å². The number of aryl methyl sites for hydroxylation is 2. The number of thiazole rings is 1. The van der Waals surface area contributed by atoms with Crippen molar-refractivity contribution < 1.29 is 0 Å². The summed E-state index contributed by atoms with van der Waals surface area (Å²) >= 11 is 6.14. The average Bonchev–Trinajstić information content (AvgIpc) is 2.63. The summed E-state index contributed by atoms with van der Waals surface area (Å²) in [6.45, 7) is 4.49. The van der Waals surface area contributed by atoms with Crippen molar-refractivity contribution >= 4 is 29.1 Å². The molecule has 84 valence electrons. The fourth-order valence-corrected chi connectivity index (χ4v) is 3.45. The molecule has 0 atom stereocenters. The Hall–Kier alpha value is -0.220. The summed E-state index contributed by atoms with van der Waals surface area (Å²) in [4.78, 5) is 8.51. The molecule has 0 spiro atoms. The zero-order valence-electron chi connectivity index (χ0n) is 9.20. The van der Waals surface area contributed by atoms with Gasteiger partial charge >= 0.3 is 0 Å². The summed E-state index contributed by atoms with van der Waals surface area (Å²) in [6.07, 6.45) is 5.08. The second-order valence-corrected chi connectivity index (χ2v) is 5.54. The molecule has 0 radical (unpaired) electrons. The number of hydrogen-bond acceptors (Lipinski definition) is 4. The van der Waals surface area contributed by atoms with E-state index in [1.807, 2.05) is 11.3 Å². The first-order valence-electron chi connectivity index (χ1n) is 5.63. The van der Waals surface area contributed by atoms with Crippen LogP contribution in [0.25, 0.3) is 0 Å². The van der Waals surface area contributed by atoms with E-state index >= 15 is 0 Å². The summed E-state index contributed by atoms with van der Waals surface area (Å²) in [7, 11) is 0. The first-order chi connectivity index (χ1) is 7.31. The average molecular weight is 242 g/mol. The van der Waals surface area contributed by atoms with Gasteiger partial charge in [-0.3, -0.25) is 0 Å². The third-order valence-corrected chi connectivity index (χ3v) is 4.35. The highest BCUT2D eigenvalue weighted by molar-refractivity contribution is 7.80. The van der Waals surface area contributed by atoms with Gasteiger partial charge in [0.15, 0.2) is 5.13 Å². The number of hydrogen-bond donors (Lipinski definition) is 1. The molecular formula is C11H18N2S2. The Morgan fingerprint density at radius 3 is 2.73 bits per heavy atom. The molecule has 15 heavy (non-hydrogen) atoms. The number of rotatable bonds is 3. The molecule has 1 aromatic rings. The van der Waals surface area contributed by atoms with Crippen LogP contribution in [0.4, 0.5) is 5.13 Å². The van der Waals surface area contributed by atoms with E-state index in [4.69, 9.17) is 0 Å². The normalized spacial score (nSPS) is 17.1. The first kappa shape index (κ1) is 11.3. The van der Waals surface area contributed by atoms with Crippen molar-refractivity contribution in [2.75, 3.05) is 23.7 Å². The lowest BCUT2D eigenvalue weighted by molar-refractivity contribution is 0.576. The van der Waals surface area contributed by atoms with Gasteiger partial charge in [-0.2, -0.15) is 12.6 Å².